The lowest BCUT2D eigenvalue weighted by Crippen LogP contribution is -2.31. The van der Waals surface area contributed by atoms with E-state index in [0.717, 1.165) is 30.8 Å². The second kappa shape index (κ2) is 5.87. The highest BCUT2D eigenvalue weighted by Crippen LogP contribution is 2.25. The smallest absolute Gasteiger partial charge is 0.251 e. The minimum atomic E-state index is 0.0580. The zero-order valence-corrected chi connectivity index (χ0v) is 11.9. The van der Waals surface area contributed by atoms with Crippen molar-refractivity contribution in [1.29, 1.82) is 0 Å². The molecule has 2 aliphatic heterocycles. The molecule has 1 aromatic carbocycles. The number of amides is 1. The van der Waals surface area contributed by atoms with Gasteiger partial charge in [-0.05, 0) is 42.7 Å². The van der Waals surface area contributed by atoms with E-state index >= 15 is 0 Å². The van der Waals surface area contributed by atoms with Gasteiger partial charge in [-0.2, -0.15) is 11.8 Å². The molecule has 2 N–H and O–H groups in total. The fourth-order valence-corrected chi connectivity index (χ4v) is 3.95. The van der Waals surface area contributed by atoms with Crippen molar-refractivity contribution in [3.63, 3.8) is 0 Å². The van der Waals surface area contributed by atoms with E-state index in [-0.39, 0.29) is 5.91 Å². The number of benzene rings is 1. The average molecular weight is 276 g/mol. The third kappa shape index (κ3) is 3.06. The van der Waals surface area contributed by atoms with E-state index in [1.165, 1.54) is 30.6 Å². The number of nitrogens with one attached hydrogen (secondary N) is 2. The lowest BCUT2D eigenvalue weighted by molar-refractivity contribution is 0.0953. The van der Waals surface area contributed by atoms with Gasteiger partial charge in [-0.15, -0.1) is 0 Å². The van der Waals surface area contributed by atoms with Gasteiger partial charge in [0.2, 0.25) is 0 Å². The molecule has 0 radical (unpaired) electrons. The van der Waals surface area contributed by atoms with Crippen LogP contribution in [0.15, 0.2) is 18.2 Å². The Morgan fingerprint density at radius 2 is 2.37 bits per heavy atom. The van der Waals surface area contributed by atoms with Gasteiger partial charge in [0.25, 0.3) is 5.91 Å². The van der Waals surface area contributed by atoms with Crippen LogP contribution in [-0.4, -0.2) is 30.0 Å². The Morgan fingerprint density at radius 3 is 3.21 bits per heavy atom. The molecule has 0 aliphatic carbocycles. The number of thioether (sulfide) groups is 1. The topological polar surface area (TPSA) is 41.1 Å². The van der Waals surface area contributed by atoms with E-state index in [0.29, 0.717) is 5.25 Å². The van der Waals surface area contributed by atoms with Crippen molar-refractivity contribution in [1.82, 2.24) is 5.32 Å². The molecule has 2 heterocycles. The predicted molar refractivity (Wildman–Crippen MR) is 81.1 cm³/mol. The van der Waals surface area contributed by atoms with Crippen LogP contribution in [0.25, 0.3) is 0 Å². The van der Waals surface area contributed by atoms with Crippen LogP contribution in [0.2, 0.25) is 0 Å². The molecule has 102 valence electrons. The SMILES string of the molecule is O=C(NCC1CCCCS1)c1ccc2c(c1)NCC2. The minimum Gasteiger partial charge on any atom is -0.384 e. The first-order valence-corrected chi connectivity index (χ1v) is 8.14. The van der Waals surface area contributed by atoms with Gasteiger partial charge in [0.1, 0.15) is 0 Å². The first-order valence-electron chi connectivity index (χ1n) is 7.09. The van der Waals surface area contributed by atoms with Crippen molar-refractivity contribution in [3.8, 4) is 0 Å². The van der Waals surface area contributed by atoms with Crippen molar-refractivity contribution in [2.24, 2.45) is 0 Å². The van der Waals surface area contributed by atoms with Crippen LogP contribution >= 0.6 is 11.8 Å². The molecule has 3 rings (SSSR count). The van der Waals surface area contributed by atoms with Crippen LogP contribution in [0.3, 0.4) is 0 Å². The highest BCUT2D eigenvalue weighted by molar-refractivity contribution is 7.99. The fraction of sp³-hybridized carbons (Fsp3) is 0.533. The lowest BCUT2D eigenvalue weighted by Gasteiger charge is -2.21. The van der Waals surface area contributed by atoms with Crippen molar-refractivity contribution in [3.05, 3.63) is 29.3 Å². The molecular formula is C15H20N2OS. The van der Waals surface area contributed by atoms with Gasteiger partial charge in [-0.1, -0.05) is 12.5 Å². The van der Waals surface area contributed by atoms with Crippen molar-refractivity contribution >= 4 is 23.4 Å². The zero-order chi connectivity index (χ0) is 13.1. The second-order valence-electron chi connectivity index (χ2n) is 5.25. The van der Waals surface area contributed by atoms with Crippen LogP contribution < -0.4 is 10.6 Å². The molecule has 1 unspecified atom stereocenters. The van der Waals surface area contributed by atoms with Gasteiger partial charge in [0, 0.05) is 29.6 Å². The van der Waals surface area contributed by atoms with Crippen LogP contribution in [0.5, 0.6) is 0 Å². The van der Waals surface area contributed by atoms with Gasteiger partial charge in [-0.3, -0.25) is 4.79 Å². The van der Waals surface area contributed by atoms with Crippen LogP contribution in [0.1, 0.15) is 35.2 Å². The van der Waals surface area contributed by atoms with Gasteiger partial charge in [0.05, 0.1) is 0 Å². The maximum atomic E-state index is 12.1. The molecule has 3 nitrogen and oxygen atoms in total. The van der Waals surface area contributed by atoms with E-state index in [1.807, 2.05) is 23.9 Å². The molecule has 19 heavy (non-hydrogen) atoms. The highest BCUT2D eigenvalue weighted by atomic mass is 32.2. The number of hydrogen-bond donors (Lipinski definition) is 2. The largest absolute Gasteiger partial charge is 0.384 e. The summed E-state index contributed by atoms with van der Waals surface area (Å²) < 4.78 is 0. The molecule has 0 saturated carbocycles. The Labute approximate surface area is 118 Å². The zero-order valence-electron chi connectivity index (χ0n) is 11.1. The number of carbonyl (C=O) groups is 1. The summed E-state index contributed by atoms with van der Waals surface area (Å²) in [6.45, 7) is 1.78. The van der Waals surface area contributed by atoms with Gasteiger partial charge < -0.3 is 10.6 Å². The Balaban J connectivity index is 1.57. The standard InChI is InChI=1S/C15H20N2OS/c18-15(17-10-13-3-1-2-8-19-13)12-5-4-11-6-7-16-14(11)9-12/h4-5,9,13,16H,1-3,6-8,10H2,(H,17,18). The lowest BCUT2D eigenvalue weighted by atomic mass is 10.1. The van der Waals surface area contributed by atoms with Gasteiger partial charge in [0.15, 0.2) is 0 Å². The summed E-state index contributed by atoms with van der Waals surface area (Å²) in [5, 5.41) is 6.99. The predicted octanol–water partition coefficient (Wildman–Crippen LogP) is 2.67. The Kier molecular flexibility index (Phi) is 3.97. The molecular weight excluding hydrogens is 256 g/mol. The van der Waals surface area contributed by atoms with E-state index in [2.05, 4.69) is 16.7 Å². The third-order valence-corrected chi connectivity index (χ3v) is 5.24. The maximum absolute atomic E-state index is 12.1. The average Bonchev–Trinajstić information content (AvgIpc) is 2.93. The molecule has 0 aromatic heterocycles. The molecule has 0 spiro atoms. The summed E-state index contributed by atoms with van der Waals surface area (Å²) in [5.41, 5.74) is 3.22. The van der Waals surface area contributed by atoms with Gasteiger partial charge >= 0.3 is 0 Å². The van der Waals surface area contributed by atoms with E-state index in [1.54, 1.807) is 0 Å². The number of fused-ring (bicyclic) bond motifs is 1. The summed E-state index contributed by atoms with van der Waals surface area (Å²) in [5.74, 6) is 1.30. The Morgan fingerprint density at radius 1 is 1.42 bits per heavy atom. The minimum absolute atomic E-state index is 0.0580. The Hall–Kier alpha value is -1.16. The number of rotatable bonds is 3. The summed E-state index contributed by atoms with van der Waals surface area (Å²) in [6.07, 6.45) is 4.93. The summed E-state index contributed by atoms with van der Waals surface area (Å²) in [6, 6.07) is 5.99. The molecule has 1 saturated heterocycles. The van der Waals surface area contributed by atoms with Gasteiger partial charge in [-0.25, -0.2) is 0 Å². The maximum Gasteiger partial charge on any atom is 0.251 e. The molecule has 1 amide bonds. The first-order chi connectivity index (χ1) is 9.33. The number of carbonyl (C=O) groups excluding carboxylic acids is 1. The van der Waals surface area contributed by atoms with E-state index in [4.69, 9.17) is 0 Å². The van der Waals surface area contributed by atoms with E-state index < -0.39 is 0 Å². The number of anilines is 1. The van der Waals surface area contributed by atoms with Crippen molar-refractivity contribution in [2.75, 3.05) is 24.2 Å². The summed E-state index contributed by atoms with van der Waals surface area (Å²) in [7, 11) is 0. The normalized spacial score (nSPS) is 21.6. The highest BCUT2D eigenvalue weighted by Gasteiger charge is 2.17. The van der Waals surface area contributed by atoms with Crippen molar-refractivity contribution in [2.45, 2.75) is 30.9 Å². The third-order valence-electron chi connectivity index (χ3n) is 3.85. The Bertz CT molecular complexity index is 469. The molecule has 0 bridgehead atoms. The quantitative estimate of drug-likeness (QED) is 0.892. The monoisotopic (exact) mass is 276 g/mol. The molecule has 1 atom stereocenters. The summed E-state index contributed by atoms with van der Waals surface area (Å²) in [4.78, 5) is 12.1. The van der Waals surface area contributed by atoms with Crippen LogP contribution in [0.4, 0.5) is 5.69 Å². The van der Waals surface area contributed by atoms with Crippen LogP contribution in [0, 0.1) is 0 Å². The summed E-state index contributed by atoms with van der Waals surface area (Å²) >= 11 is 1.99. The molecule has 4 heteroatoms. The fourth-order valence-electron chi connectivity index (χ4n) is 2.71. The molecule has 1 fully saturated rings. The van der Waals surface area contributed by atoms with Crippen molar-refractivity contribution < 1.29 is 4.79 Å². The first kappa shape index (κ1) is 12.9. The second-order valence-corrected chi connectivity index (χ2v) is 6.66. The van der Waals surface area contributed by atoms with Crippen LogP contribution in [-0.2, 0) is 6.42 Å². The molecule has 2 aliphatic rings. The molecule has 1 aromatic rings. The number of hydrogen-bond acceptors (Lipinski definition) is 3. The van der Waals surface area contributed by atoms with E-state index in [9.17, 15) is 4.79 Å².